The lowest BCUT2D eigenvalue weighted by Gasteiger charge is -2.41. The van der Waals surface area contributed by atoms with E-state index in [1.54, 1.807) is 7.11 Å². The predicted molar refractivity (Wildman–Crippen MR) is 135 cm³/mol. The van der Waals surface area contributed by atoms with Gasteiger partial charge in [0.05, 0.1) is 13.2 Å². The van der Waals surface area contributed by atoms with Gasteiger partial charge in [-0.2, -0.15) is 0 Å². The van der Waals surface area contributed by atoms with Crippen LogP contribution < -0.4 is 15.4 Å². The molecule has 3 aromatic rings. The molecule has 2 atom stereocenters. The summed E-state index contributed by atoms with van der Waals surface area (Å²) in [6, 6.07) is 18.7. The van der Waals surface area contributed by atoms with Crippen molar-refractivity contribution in [3.63, 3.8) is 0 Å². The Balaban J connectivity index is 1.37. The average Bonchev–Trinajstić information content (AvgIpc) is 2.85. The van der Waals surface area contributed by atoms with E-state index in [1.165, 1.54) is 11.1 Å². The normalized spacial score (nSPS) is 19.8. The number of morpholine rings is 1. The van der Waals surface area contributed by atoms with Crippen molar-refractivity contribution >= 4 is 11.6 Å². The Bertz CT molecular complexity index is 1270. The minimum Gasteiger partial charge on any atom is -0.496 e. The summed E-state index contributed by atoms with van der Waals surface area (Å²) in [7, 11) is 3.78. The van der Waals surface area contributed by atoms with Gasteiger partial charge >= 0.3 is 0 Å². The number of hydrogen-bond acceptors (Lipinski definition) is 7. The summed E-state index contributed by atoms with van der Waals surface area (Å²) in [5.41, 5.74) is 6.44. The number of benzene rings is 2. The topological polar surface area (TPSA) is 71.0 Å². The number of aromatic nitrogens is 1. The molecule has 0 aliphatic carbocycles. The summed E-state index contributed by atoms with van der Waals surface area (Å²) in [6.45, 7) is 4.71. The predicted octanol–water partition coefficient (Wildman–Crippen LogP) is 4.62. The van der Waals surface area contributed by atoms with E-state index < -0.39 is 0 Å². The lowest BCUT2D eigenvalue weighted by Crippen LogP contribution is -2.47. The SMILES string of the molecule is COc1cc(NC2=NC3C(=CN2)OCC(c2ccccc2C)N3C)ccc1-c1ccnc(C)c1. The molecule has 3 heterocycles. The molecule has 174 valence electrons. The molecule has 5 rings (SSSR count). The Morgan fingerprint density at radius 1 is 1.12 bits per heavy atom. The maximum Gasteiger partial charge on any atom is 0.202 e. The molecule has 1 aromatic heterocycles. The molecule has 0 radical (unpaired) electrons. The van der Waals surface area contributed by atoms with Crippen molar-refractivity contribution in [3.05, 3.63) is 89.6 Å². The second-order valence-electron chi connectivity index (χ2n) is 8.62. The monoisotopic (exact) mass is 455 g/mol. The van der Waals surface area contributed by atoms with E-state index >= 15 is 0 Å². The third-order valence-electron chi connectivity index (χ3n) is 6.36. The standard InChI is InChI=1S/C27H29N5O2/c1-17-7-5-6-8-21(17)23-16-34-25-15-29-27(31-26(25)32(23)3)30-20-9-10-22(24(14-20)33-4)19-11-12-28-18(2)13-19/h5-15,23,26H,16H2,1-4H3,(H2,29,30,31). The van der Waals surface area contributed by atoms with E-state index in [0.717, 1.165) is 34.0 Å². The fourth-order valence-electron chi connectivity index (χ4n) is 4.50. The van der Waals surface area contributed by atoms with Crippen LogP contribution in [0.4, 0.5) is 5.69 Å². The summed E-state index contributed by atoms with van der Waals surface area (Å²) in [6.07, 6.45) is 3.49. The third kappa shape index (κ3) is 4.22. The Morgan fingerprint density at radius 3 is 2.76 bits per heavy atom. The lowest BCUT2D eigenvalue weighted by molar-refractivity contribution is 0.0152. The minimum atomic E-state index is -0.205. The van der Waals surface area contributed by atoms with Gasteiger partial charge in [-0.1, -0.05) is 24.3 Å². The molecule has 1 fully saturated rings. The van der Waals surface area contributed by atoms with Crippen molar-refractivity contribution in [2.75, 3.05) is 26.1 Å². The van der Waals surface area contributed by atoms with Crippen molar-refractivity contribution in [1.29, 1.82) is 0 Å². The maximum atomic E-state index is 6.08. The molecule has 2 N–H and O–H groups in total. The van der Waals surface area contributed by atoms with Crippen LogP contribution in [0.2, 0.25) is 0 Å². The number of nitrogens with zero attached hydrogens (tertiary/aromatic N) is 3. The van der Waals surface area contributed by atoms with E-state index in [-0.39, 0.29) is 12.2 Å². The summed E-state index contributed by atoms with van der Waals surface area (Å²) in [5, 5.41) is 6.61. The number of fused-ring (bicyclic) bond motifs is 1. The highest BCUT2D eigenvalue weighted by molar-refractivity contribution is 5.95. The van der Waals surface area contributed by atoms with Gasteiger partial charge in [0.1, 0.15) is 12.4 Å². The number of methoxy groups -OCH3 is 1. The van der Waals surface area contributed by atoms with Gasteiger partial charge in [-0.3, -0.25) is 9.88 Å². The molecule has 7 nitrogen and oxygen atoms in total. The average molecular weight is 456 g/mol. The number of pyridine rings is 1. The van der Waals surface area contributed by atoms with Crippen LogP contribution in [0.15, 0.2) is 77.7 Å². The van der Waals surface area contributed by atoms with Gasteiger partial charge < -0.3 is 20.1 Å². The number of anilines is 1. The van der Waals surface area contributed by atoms with E-state index in [4.69, 9.17) is 14.5 Å². The van der Waals surface area contributed by atoms with E-state index in [0.29, 0.717) is 12.6 Å². The summed E-state index contributed by atoms with van der Waals surface area (Å²) in [5.74, 6) is 2.25. The van der Waals surface area contributed by atoms with Crippen LogP contribution >= 0.6 is 0 Å². The van der Waals surface area contributed by atoms with Gasteiger partial charge in [-0.05, 0) is 61.9 Å². The number of rotatable bonds is 4. The van der Waals surface area contributed by atoms with Crippen LogP contribution in [0.1, 0.15) is 22.9 Å². The fraction of sp³-hybridized carbons (Fsp3) is 0.259. The number of hydrogen-bond donors (Lipinski definition) is 2. The molecule has 1 saturated heterocycles. The molecular formula is C27H29N5O2. The van der Waals surface area contributed by atoms with Gasteiger partial charge in [-0.25, -0.2) is 4.99 Å². The molecule has 2 aromatic carbocycles. The van der Waals surface area contributed by atoms with Gasteiger partial charge in [0.15, 0.2) is 11.9 Å². The quantitative estimate of drug-likeness (QED) is 0.598. The van der Waals surface area contributed by atoms with Crippen LogP contribution in [-0.2, 0) is 4.74 Å². The molecule has 2 aliphatic rings. The van der Waals surface area contributed by atoms with Crippen molar-refractivity contribution in [2.24, 2.45) is 4.99 Å². The zero-order valence-electron chi connectivity index (χ0n) is 19.9. The van der Waals surface area contributed by atoms with Crippen LogP contribution in [0.5, 0.6) is 5.75 Å². The first kappa shape index (κ1) is 22.0. The molecule has 2 unspecified atom stereocenters. The summed E-state index contributed by atoms with van der Waals surface area (Å²) in [4.78, 5) is 11.5. The molecule has 0 spiro atoms. The zero-order chi connectivity index (χ0) is 23.7. The number of likely N-dealkylation sites (N-methyl/N-ethyl adjacent to an activating group) is 1. The molecule has 2 aliphatic heterocycles. The smallest absolute Gasteiger partial charge is 0.202 e. The third-order valence-corrected chi connectivity index (χ3v) is 6.36. The number of nitrogens with one attached hydrogen (secondary N) is 2. The van der Waals surface area contributed by atoms with Crippen LogP contribution in [0.25, 0.3) is 11.1 Å². The fourth-order valence-corrected chi connectivity index (χ4v) is 4.50. The number of aliphatic imine (C=N–C) groups is 1. The number of ether oxygens (including phenoxy) is 2. The van der Waals surface area contributed by atoms with E-state index in [1.807, 2.05) is 49.7 Å². The van der Waals surface area contributed by atoms with Crippen LogP contribution in [0.3, 0.4) is 0 Å². The van der Waals surface area contributed by atoms with Crippen LogP contribution in [-0.4, -0.2) is 42.8 Å². The van der Waals surface area contributed by atoms with E-state index in [2.05, 4.69) is 58.8 Å². The molecular weight excluding hydrogens is 426 g/mol. The molecule has 7 heteroatoms. The molecule has 0 saturated carbocycles. The number of aryl methyl sites for hydroxylation is 2. The van der Waals surface area contributed by atoms with Crippen molar-refractivity contribution < 1.29 is 9.47 Å². The molecule has 34 heavy (non-hydrogen) atoms. The highest BCUT2D eigenvalue weighted by atomic mass is 16.5. The Labute approximate surface area is 200 Å². The largest absolute Gasteiger partial charge is 0.496 e. The van der Waals surface area contributed by atoms with Gasteiger partial charge in [0, 0.05) is 35.4 Å². The Kier molecular flexibility index (Phi) is 5.94. The zero-order valence-corrected chi connectivity index (χ0v) is 19.9. The number of guanidine groups is 1. The second-order valence-corrected chi connectivity index (χ2v) is 8.62. The van der Waals surface area contributed by atoms with Gasteiger partial charge in [0.25, 0.3) is 0 Å². The molecule has 0 amide bonds. The highest BCUT2D eigenvalue weighted by Gasteiger charge is 2.36. The minimum absolute atomic E-state index is 0.134. The van der Waals surface area contributed by atoms with Crippen LogP contribution in [0, 0.1) is 13.8 Å². The summed E-state index contributed by atoms with van der Waals surface area (Å²) < 4.78 is 11.8. The maximum absolute atomic E-state index is 6.08. The Morgan fingerprint density at radius 2 is 1.97 bits per heavy atom. The van der Waals surface area contributed by atoms with Crippen molar-refractivity contribution in [3.8, 4) is 16.9 Å². The first-order valence-electron chi connectivity index (χ1n) is 11.4. The lowest BCUT2D eigenvalue weighted by atomic mass is 9.99. The van der Waals surface area contributed by atoms with Crippen molar-refractivity contribution in [2.45, 2.75) is 26.1 Å². The highest BCUT2D eigenvalue weighted by Crippen LogP contribution is 2.35. The van der Waals surface area contributed by atoms with Gasteiger partial charge in [0.2, 0.25) is 5.96 Å². The molecule has 0 bridgehead atoms. The van der Waals surface area contributed by atoms with Crippen molar-refractivity contribution in [1.82, 2.24) is 15.2 Å². The summed E-state index contributed by atoms with van der Waals surface area (Å²) >= 11 is 0. The van der Waals surface area contributed by atoms with Gasteiger partial charge in [-0.15, -0.1) is 0 Å². The second kappa shape index (κ2) is 9.19. The van der Waals surface area contributed by atoms with E-state index in [9.17, 15) is 0 Å². The first-order chi connectivity index (χ1) is 16.5. The Hall–Kier alpha value is -3.84. The first-order valence-corrected chi connectivity index (χ1v) is 11.4.